The molecule has 2 aromatic rings. The van der Waals surface area contributed by atoms with Crippen molar-refractivity contribution in [2.24, 2.45) is 0 Å². The van der Waals surface area contributed by atoms with Gasteiger partial charge in [-0.15, -0.1) is 0 Å². The monoisotopic (exact) mass is 267 g/mol. The van der Waals surface area contributed by atoms with Crippen LogP contribution in [0, 0.1) is 6.92 Å². The van der Waals surface area contributed by atoms with Crippen LogP contribution in [0.1, 0.15) is 35.7 Å². The van der Waals surface area contributed by atoms with Crippen LogP contribution in [0.5, 0.6) is 5.75 Å². The largest absolute Gasteiger partial charge is 0.493 e. The maximum atomic E-state index is 6.06. The summed E-state index contributed by atoms with van der Waals surface area (Å²) >= 11 is 0. The third-order valence-corrected chi connectivity index (χ3v) is 4.11. The van der Waals surface area contributed by atoms with Crippen LogP contribution >= 0.6 is 0 Å². The Labute approximate surface area is 118 Å². The van der Waals surface area contributed by atoms with E-state index < -0.39 is 0 Å². The van der Waals surface area contributed by atoms with E-state index in [9.17, 15) is 0 Å². The van der Waals surface area contributed by atoms with Crippen LogP contribution in [0.4, 0.5) is 5.82 Å². The Kier molecular flexibility index (Phi) is 2.46. The molecule has 1 aliphatic carbocycles. The first kappa shape index (κ1) is 11.7. The van der Waals surface area contributed by atoms with Crippen LogP contribution in [-0.4, -0.2) is 16.6 Å². The van der Waals surface area contributed by atoms with Crippen LogP contribution in [0.15, 0.2) is 18.2 Å². The molecule has 4 rings (SSSR count). The molecule has 0 radical (unpaired) electrons. The number of benzene rings is 1. The van der Waals surface area contributed by atoms with Gasteiger partial charge in [-0.3, -0.25) is 0 Å². The molecule has 2 heterocycles. The van der Waals surface area contributed by atoms with Gasteiger partial charge < -0.3 is 10.5 Å². The molecule has 1 fully saturated rings. The molecule has 0 atom stereocenters. The van der Waals surface area contributed by atoms with E-state index in [1.165, 1.54) is 18.4 Å². The van der Waals surface area contributed by atoms with Crippen molar-refractivity contribution in [1.82, 2.24) is 9.97 Å². The molecule has 0 saturated heterocycles. The third-order valence-electron chi connectivity index (χ3n) is 4.11. The first-order valence-electron chi connectivity index (χ1n) is 7.12. The molecule has 1 aromatic heterocycles. The predicted octanol–water partition coefficient (Wildman–Crippen LogP) is 2.85. The van der Waals surface area contributed by atoms with Crippen LogP contribution in [0.25, 0.3) is 11.3 Å². The van der Waals surface area contributed by atoms with Gasteiger partial charge in [-0.05, 0) is 43.5 Å². The third kappa shape index (κ3) is 1.83. The lowest BCUT2D eigenvalue weighted by Crippen LogP contribution is -2.04. The Hall–Kier alpha value is -2.10. The summed E-state index contributed by atoms with van der Waals surface area (Å²) in [5.41, 5.74) is 10.4. The SMILES string of the molecule is Cc1c(N)nc(C2CC2)nc1-c1ccc2c(c1)CCO2. The average molecular weight is 267 g/mol. The van der Waals surface area contributed by atoms with E-state index in [0.29, 0.717) is 11.7 Å². The van der Waals surface area contributed by atoms with E-state index in [-0.39, 0.29) is 0 Å². The van der Waals surface area contributed by atoms with Gasteiger partial charge in [0.2, 0.25) is 0 Å². The summed E-state index contributed by atoms with van der Waals surface area (Å²) in [6.07, 6.45) is 3.33. The molecule has 1 aromatic carbocycles. The summed E-state index contributed by atoms with van der Waals surface area (Å²) in [7, 11) is 0. The van der Waals surface area contributed by atoms with Gasteiger partial charge in [0.25, 0.3) is 0 Å². The highest BCUT2D eigenvalue weighted by Gasteiger charge is 2.28. The number of anilines is 1. The van der Waals surface area contributed by atoms with Gasteiger partial charge >= 0.3 is 0 Å². The summed E-state index contributed by atoms with van der Waals surface area (Å²) in [4.78, 5) is 9.19. The fourth-order valence-corrected chi connectivity index (χ4v) is 2.69. The highest BCUT2D eigenvalue weighted by atomic mass is 16.5. The Balaban J connectivity index is 1.84. The number of hydrogen-bond donors (Lipinski definition) is 1. The molecule has 2 aliphatic rings. The van der Waals surface area contributed by atoms with Crippen LogP contribution in [0.3, 0.4) is 0 Å². The average Bonchev–Trinajstić information content (AvgIpc) is 3.19. The molecule has 0 bridgehead atoms. The maximum Gasteiger partial charge on any atom is 0.134 e. The zero-order valence-electron chi connectivity index (χ0n) is 11.5. The summed E-state index contributed by atoms with van der Waals surface area (Å²) in [6.45, 7) is 2.77. The summed E-state index contributed by atoms with van der Waals surface area (Å²) in [5, 5.41) is 0. The Bertz CT molecular complexity index is 692. The first-order valence-corrected chi connectivity index (χ1v) is 7.12. The molecule has 1 saturated carbocycles. The van der Waals surface area contributed by atoms with Crippen molar-refractivity contribution in [2.45, 2.75) is 32.1 Å². The first-order chi connectivity index (χ1) is 9.72. The standard InChI is InChI=1S/C16H17N3O/c1-9-14(18-16(10-2-3-10)19-15(9)17)12-4-5-13-11(8-12)6-7-20-13/h4-5,8,10H,2-3,6-7H2,1H3,(H2,17,18,19). The van der Waals surface area contributed by atoms with Gasteiger partial charge in [-0.25, -0.2) is 9.97 Å². The van der Waals surface area contributed by atoms with E-state index in [2.05, 4.69) is 17.1 Å². The molecular weight excluding hydrogens is 250 g/mol. The summed E-state index contributed by atoms with van der Waals surface area (Å²) in [5.74, 6) is 3.01. The number of aromatic nitrogens is 2. The van der Waals surface area contributed by atoms with Crippen molar-refractivity contribution in [3.63, 3.8) is 0 Å². The van der Waals surface area contributed by atoms with Crippen molar-refractivity contribution < 1.29 is 4.74 Å². The summed E-state index contributed by atoms with van der Waals surface area (Å²) < 4.78 is 5.56. The molecule has 102 valence electrons. The minimum absolute atomic E-state index is 0.509. The van der Waals surface area contributed by atoms with Gasteiger partial charge in [0.1, 0.15) is 17.4 Å². The van der Waals surface area contributed by atoms with E-state index in [0.717, 1.165) is 41.4 Å². The molecule has 2 N–H and O–H groups in total. The van der Waals surface area contributed by atoms with E-state index >= 15 is 0 Å². The number of rotatable bonds is 2. The van der Waals surface area contributed by atoms with E-state index in [4.69, 9.17) is 15.5 Å². The zero-order chi connectivity index (χ0) is 13.7. The van der Waals surface area contributed by atoms with Gasteiger partial charge in [0.05, 0.1) is 12.3 Å². The van der Waals surface area contributed by atoms with E-state index in [1.807, 2.05) is 13.0 Å². The topological polar surface area (TPSA) is 61.0 Å². The number of ether oxygens (including phenoxy) is 1. The molecule has 1 aliphatic heterocycles. The number of fused-ring (bicyclic) bond motifs is 1. The van der Waals surface area contributed by atoms with Crippen molar-refractivity contribution in [1.29, 1.82) is 0 Å². The molecule has 4 heteroatoms. The number of hydrogen-bond acceptors (Lipinski definition) is 4. The van der Waals surface area contributed by atoms with Gasteiger partial charge in [0, 0.05) is 23.5 Å². The fourth-order valence-electron chi connectivity index (χ4n) is 2.69. The second-order valence-electron chi connectivity index (χ2n) is 5.64. The zero-order valence-corrected chi connectivity index (χ0v) is 11.5. The van der Waals surface area contributed by atoms with Gasteiger partial charge in [-0.2, -0.15) is 0 Å². The molecule has 4 nitrogen and oxygen atoms in total. The summed E-state index contributed by atoms with van der Waals surface area (Å²) in [6, 6.07) is 6.27. The highest BCUT2D eigenvalue weighted by molar-refractivity contribution is 5.69. The van der Waals surface area contributed by atoms with Gasteiger partial charge in [-0.1, -0.05) is 0 Å². The second kappa shape index (κ2) is 4.20. The van der Waals surface area contributed by atoms with Crippen LogP contribution in [-0.2, 0) is 6.42 Å². The highest BCUT2D eigenvalue weighted by Crippen LogP contribution is 2.40. The Morgan fingerprint density at radius 1 is 1.25 bits per heavy atom. The Morgan fingerprint density at radius 3 is 2.90 bits per heavy atom. The lowest BCUT2D eigenvalue weighted by atomic mass is 10.0. The normalized spacial score (nSPS) is 16.9. The second-order valence-corrected chi connectivity index (χ2v) is 5.64. The van der Waals surface area contributed by atoms with Crippen molar-refractivity contribution in [2.75, 3.05) is 12.3 Å². The predicted molar refractivity (Wildman–Crippen MR) is 77.8 cm³/mol. The van der Waals surface area contributed by atoms with Crippen molar-refractivity contribution >= 4 is 5.82 Å². The van der Waals surface area contributed by atoms with Crippen molar-refractivity contribution in [3.8, 4) is 17.0 Å². The molecule has 20 heavy (non-hydrogen) atoms. The fraction of sp³-hybridized carbons (Fsp3) is 0.375. The van der Waals surface area contributed by atoms with Gasteiger partial charge in [0.15, 0.2) is 0 Å². The number of nitrogen functional groups attached to an aromatic ring is 1. The molecular formula is C16H17N3O. The lowest BCUT2D eigenvalue weighted by Gasteiger charge is -2.11. The van der Waals surface area contributed by atoms with Crippen LogP contribution in [0.2, 0.25) is 0 Å². The smallest absolute Gasteiger partial charge is 0.134 e. The molecule has 0 amide bonds. The quantitative estimate of drug-likeness (QED) is 0.909. The van der Waals surface area contributed by atoms with Crippen LogP contribution < -0.4 is 10.5 Å². The maximum absolute atomic E-state index is 6.06. The number of nitrogens with zero attached hydrogens (tertiary/aromatic N) is 2. The lowest BCUT2D eigenvalue weighted by molar-refractivity contribution is 0.357. The minimum atomic E-state index is 0.509. The molecule has 0 spiro atoms. The Morgan fingerprint density at radius 2 is 2.10 bits per heavy atom. The van der Waals surface area contributed by atoms with E-state index in [1.54, 1.807) is 0 Å². The minimum Gasteiger partial charge on any atom is -0.493 e. The molecule has 0 unspecified atom stereocenters. The van der Waals surface area contributed by atoms with Crippen molar-refractivity contribution in [3.05, 3.63) is 35.2 Å². The number of nitrogens with two attached hydrogens (primary N) is 1.